The van der Waals surface area contributed by atoms with Crippen molar-refractivity contribution in [2.24, 2.45) is 5.92 Å². The molecule has 1 fully saturated rings. The number of rotatable bonds is 3. The molecule has 1 aromatic rings. The zero-order chi connectivity index (χ0) is 15.3. The number of nitrogens with one attached hydrogen (secondary N) is 1. The summed E-state index contributed by atoms with van der Waals surface area (Å²) in [5, 5.41) is 0. The molecule has 5 nitrogen and oxygen atoms in total. The van der Waals surface area contributed by atoms with Gasteiger partial charge in [0, 0.05) is 18.2 Å². The van der Waals surface area contributed by atoms with E-state index < -0.39 is 11.2 Å². The van der Waals surface area contributed by atoms with Crippen LogP contribution in [0.15, 0.2) is 34.0 Å². The predicted molar refractivity (Wildman–Crippen MR) is 79.8 cm³/mol. The minimum atomic E-state index is -0.435. The molecule has 0 amide bonds. The molecule has 1 saturated heterocycles. The van der Waals surface area contributed by atoms with Crippen molar-refractivity contribution in [1.82, 2.24) is 9.55 Å². The zero-order valence-corrected chi connectivity index (χ0v) is 12.7. The van der Waals surface area contributed by atoms with Crippen molar-refractivity contribution in [3.8, 4) is 0 Å². The van der Waals surface area contributed by atoms with Crippen LogP contribution in [0.4, 0.5) is 0 Å². The largest absolute Gasteiger partial charge is 0.354 e. The molecule has 3 atom stereocenters. The van der Waals surface area contributed by atoms with Crippen LogP contribution in [0, 0.1) is 5.92 Å². The van der Waals surface area contributed by atoms with E-state index in [1.165, 1.54) is 16.8 Å². The lowest BCUT2D eigenvalue weighted by Gasteiger charge is -2.20. The van der Waals surface area contributed by atoms with Gasteiger partial charge in [0.15, 0.2) is 0 Å². The molecule has 0 aliphatic carbocycles. The van der Waals surface area contributed by atoms with Gasteiger partial charge in [-0.25, -0.2) is 4.79 Å². The number of hydrogen-bond donors (Lipinski definition) is 1. The van der Waals surface area contributed by atoms with Crippen LogP contribution in [-0.4, -0.2) is 15.7 Å². The molecule has 1 aromatic heterocycles. The Morgan fingerprint density at radius 1 is 1.50 bits per heavy atom. The molecule has 0 aromatic carbocycles. The molecule has 0 radical (unpaired) electrons. The van der Waals surface area contributed by atoms with Crippen LogP contribution < -0.4 is 11.2 Å². The van der Waals surface area contributed by atoms with Gasteiger partial charge in [0.1, 0.15) is 6.23 Å². The van der Waals surface area contributed by atoms with Crippen LogP contribution in [0.3, 0.4) is 0 Å². The van der Waals surface area contributed by atoms with Gasteiger partial charge in [-0.1, -0.05) is 32.9 Å². The SMILES string of the molecule is C=C(C)C1CC(CC)OC1n1ccc(=O)[nH]c1=O.CC. The first-order valence-corrected chi connectivity index (χ1v) is 7.15. The maximum atomic E-state index is 11.8. The Kier molecular flexibility index (Phi) is 5.95. The molecule has 2 rings (SSSR count). The van der Waals surface area contributed by atoms with Crippen molar-refractivity contribution >= 4 is 0 Å². The van der Waals surface area contributed by atoms with E-state index in [-0.39, 0.29) is 18.2 Å². The number of aromatic amines is 1. The lowest BCUT2D eigenvalue weighted by atomic mass is 9.95. The van der Waals surface area contributed by atoms with Gasteiger partial charge in [0.25, 0.3) is 5.56 Å². The van der Waals surface area contributed by atoms with Crippen molar-refractivity contribution in [2.45, 2.75) is 52.9 Å². The van der Waals surface area contributed by atoms with Gasteiger partial charge in [-0.3, -0.25) is 14.3 Å². The fraction of sp³-hybridized carbons (Fsp3) is 0.600. The minimum Gasteiger partial charge on any atom is -0.354 e. The van der Waals surface area contributed by atoms with Gasteiger partial charge in [-0.05, 0) is 19.8 Å². The Morgan fingerprint density at radius 2 is 2.15 bits per heavy atom. The van der Waals surface area contributed by atoms with Crippen molar-refractivity contribution < 1.29 is 4.74 Å². The molecule has 3 unspecified atom stereocenters. The van der Waals surface area contributed by atoms with E-state index in [1.807, 2.05) is 20.8 Å². The van der Waals surface area contributed by atoms with Crippen LogP contribution in [-0.2, 0) is 4.74 Å². The van der Waals surface area contributed by atoms with E-state index in [9.17, 15) is 9.59 Å². The highest BCUT2D eigenvalue weighted by Crippen LogP contribution is 2.38. The molecule has 5 heteroatoms. The van der Waals surface area contributed by atoms with Crippen LogP contribution in [0.5, 0.6) is 0 Å². The van der Waals surface area contributed by atoms with Gasteiger partial charge in [-0.2, -0.15) is 0 Å². The second-order valence-electron chi connectivity index (χ2n) is 4.76. The standard InChI is InChI=1S/C13H18N2O3.C2H6/c1-4-9-7-10(8(2)3)12(18-9)15-6-5-11(16)14-13(15)17;1-2/h5-6,9-10,12H,2,4,7H2,1,3H3,(H,14,16,17);1-2H3. The molecule has 0 spiro atoms. The summed E-state index contributed by atoms with van der Waals surface area (Å²) in [7, 11) is 0. The minimum absolute atomic E-state index is 0.110. The average Bonchev–Trinajstić information content (AvgIpc) is 2.85. The van der Waals surface area contributed by atoms with Gasteiger partial charge >= 0.3 is 5.69 Å². The van der Waals surface area contributed by atoms with Crippen molar-refractivity contribution in [1.29, 1.82) is 0 Å². The van der Waals surface area contributed by atoms with E-state index in [0.29, 0.717) is 0 Å². The third kappa shape index (κ3) is 3.48. The van der Waals surface area contributed by atoms with E-state index in [2.05, 4.69) is 18.5 Å². The Balaban J connectivity index is 0.000000956. The van der Waals surface area contributed by atoms with Crippen molar-refractivity contribution in [3.05, 3.63) is 45.3 Å². The van der Waals surface area contributed by atoms with Crippen molar-refractivity contribution in [2.75, 3.05) is 0 Å². The lowest BCUT2D eigenvalue weighted by Crippen LogP contribution is -2.33. The normalized spacial score (nSPS) is 24.9. The highest BCUT2D eigenvalue weighted by Gasteiger charge is 2.36. The zero-order valence-electron chi connectivity index (χ0n) is 12.7. The number of ether oxygens (including phenoxy) is 1. The first-order valence-electron chi connectivity index (χ1n) is 7.15. The topological polar surface area (TPSA) is 64.1 Å². The molecule has 0 saturated carbocycles. The number of aromatic nitrogens is 2. The molecular weight excluding hydrogens is 256 g/mol. The maximum absolute atomic E-state index is 11.8. The first-order chi connectivity index (χ1) is 9.52. The van der Waals surface area contributed by atoms with E-state index in [0.717, 1.165) is 18.4 Å². The van der Waals surface area contributed by atoms with Crippen LogP contribution in [0.1, 0.15) is 46.8 Å². The summed E-state index contributed by atoms with van der Waals surface area (Å²) in [5.74, 6) is 0.110. The van der Waals surface area contributed by atoms with Crippen LogP contribution >= 0.6 is 0 Å². The highest BCUT2D eigenvalue weighted by atomic mass is 16.5. The molecule has 1 aliphatic heterocycles. The third-order valence-electron chi connectivity index (χ3n) is 3.41. The van der Waals surface area contributed by atoms with Gasteiger partial charge < -0.3 is 4.74 Å². The Hall–Kier alpha value is -1.62. The van der Waals surface area contributed by atoms with E-state index >= 15 is 0 Å². The summed E-state index contributed by atoms with van der Waals surface area (Å²) in [4.78, 5) is 25.1. The quantitative estimate of drug-likeness (QED) is 0.865. The molecule has 0 bridgehead atoms. The van der Waals surface area contributed by atoms with Crippen molar-refractivity contribution in [3.63, 3.8) is 0 Å². The van der Waals surface area contributed by atoms with E-state index in [4.69, 9.17) is 4.74 Å². The Morgan fingerprint density at radius 3 is 2.65 bits per heavy atom. The summed E-state index contributed by atoms with van der Waals surface area (Å²) in [6.07, 6.45) is 3.02. The predicted octanol–water partition coefficient (Wildman–Crippen LogP) is 2.45. The lowest BCUT2D eigenvalue weighted by molar-refractivity contribution is -0.0120. The van der Waals surface area contributed by atoms with Crippen LogP contribution in [0.2, 0.25) is 0 Å². The Bertz CT molecular complexity index is 559. The fourth-order valence-corrected chi connectivity index (χ4v) is 2.34. The smallest absolute Gasteiger partial charge is 0.330 e. The molecule has 20 heavy (non-hydrogen) atoms. The Labute approximate surface area is 119 Å². The molecule has 1 aliphatic rings. The molecule has 2 heterocycles. The average molecular weight is 280 g/mol. The first kappa shape index (κ1) is 16.4. The fourth-order valence-electron chi connectivity index (χ4n) is 2.34. The van der Waals surface area contributed by atoms with E-state index in [1.54, 1.807) is 0 Å². The number of hydrogen-bond acceptors (Lipinski definition) is 3. The molecule has 112 valence electrons. The van der Waals surface area contributed by atoms with Gasteiger partial charge in [0.05, 0.1) is 6.10 Å². The highest BCUT2D eigenvalue weighted by molar-refractivity contribution is 5.03. The molecule has 1 N–H and O–H groups in total. The summed E-state index contributed by atoms with van der Waals surface area (Å²) in [5.41, 5.74) is 0.165. The second-order valence-corrected chi connectivity index (χ2v) is 4.76. The second kappa shape index (κ2) is 7.24. The summed E-state index contributed by atoms with van der Waals surface area (Å²) >= 11 is 0. The third-order valence-corrected chi connectivity index (χ3v) is 3.41. The van der Waals surface area contributed by atoms with Gasteiger partial charge in [-0.15, -0.1) is 0 Å². The summed E-state index contributed by atoms with van der Waals surface area (Å²) in [6, 6.07) is 1.33. The molecular formula is C15H24N2O3. The summed E-state index contributed by atoms with van der Waals surface area (Å²) in [6.45, 7) is 12.0. The van der Waals surface area contributed by atoms with Gasteiger partial charge in [0.2, 0.25) is 0 Å². The number of nitrogens with zero attached hydrogens (tertiary/aromatic N) is 1. The monoisotopic (exact) mass is 280 g/mol. The summed E-state index contributed by atoms with van der Waals surface area (Å²) < 4.78 is 7.31. The number of H-pyrrole nitrogens is 1. The van der Waals surface area contributed by atoms with Crippen LogP contribution in [0.25, 0.3) is 0 Å². The maximum Gasteiger partial charge on any atom is 0.330 e.